The van der Waals surface area contributed by atoms with E-state index in [1.54, 1.807) is 0 Å². The second-order valence-corrected chi connectivity index (χ2v) is 3.16. The highest BCUT2D eigenvalue weighted by molar-refractivity contribution is 5.85. The Morgan fingerprint density at radius 2 is 2.29 bits per heavy atom. The summed E-state index contributed by atoms with van der Waals surface area (Å²) in [6.45, 7) is 3.66. The first-order chi connectivity index (χ1) is 6.77. The fourth-order valence-electron chi connectivity index (χ4n) is 1.37. The number of rotatable bonds is 3. The van der Waals surface area contributed by atoms with Crippen LogP contribution in [-0.4, -0.2) is 22.8 Å². The van der Waals surface area contributed by atoms with E-state index in [4.69, 9.17) is 9.84 Å². The molecule has 0 spiro atoms. The molecule has 1 aromatic carbocycles. The number of nitrogens with one attached hydrogen (secondary N) is 1. The molecule has 1 heterocycles. The molecular formula is C11H12NO2. The first-order valence-electron chi connectivity index (χ1n) is 4.47. The number of aromatic amines is 1. The lowest BCUT2D eigenvalue weighted by Gasteiger charge is -2.08. The average Bonchev–Trinajstić information content (AvgIpc) is 2.62. The minimum Gasteiger partial charge on any atom is -0.490 e. The van der Waals surface area contributed by atoms with Crippen LogP contribution in [0.2, 0.25) is 0 Å². The highest BCUT2D eigenvalue weighted by atomic mass is 16.5. The lowest BCUT2D eigenvalue weighted by molar-refractivity contribution is 0.143. The van der Waals surface area contributed by atoms with Gasteiger partial charge in [0.25, 0.3) is 0 Å². The molecule has 14 heavy (non-hydrogen) atoms. The van der Waals surface area contributed by atoms with Gasteiger partial charge in [-0.2, -0.15) is 0 Å². The maximum atomic E-state index is 8.99. The Morgan fingerprint density at radius 3 is 3.07 bits per heavy atom. The Morgan fingerprint density at radius 1 is 1.43 bits per heavy atom. The Balaban J connectivity index is 2.27. The summed E-state index contributed by atoms with van der Waals surface area (Å²) in [5, 5.41) is 10.0. The topological polar surface area (TPSA) is 45.2 Å². The maximum Gasteiger partial charge on any atom is 0.128 e. The van der Waals surface area contributed by atoms with Gasteiger partial charge in [0.2, 0.25) is 0 Å². The van der Waals surface area contributed by atoms with Gasteiger partial charge < -0.3 is 14.8 Å². The van der Waals surface area contributed by atoms with E-state index >= 15 is 0 Å². The zero-order valence-corrected chi connectivity index (χ0v) is 7.73. The third-order valence-electron chi connectivity index (χ3n) is 1.99. The number of ether oxygens (including phenoxy) is 1. The lowest BCUT2D eigenvalue weighted by Crippen LogP contribution is -2.13. The zero-order chi connectivity index (χ0) is 9.97. The number of fused-ring (bicyclic) bond motifs is 1. The van der Waals surface area contributed by atoms with Crippen LogP contribution in [0.15, 0.2) is 30.5 Å². The van der Waals surface area contributed by atoms with Crippen LogP contribution in [0.5, 0.6) is 5.75 Å². The Hall–Kier alpha value is -1.48. The van der Waals surface area contributed by atoms with Gasteiger partial charge in [-0.1, -0.05) is 6.07 Å². The van der Waals surface area contributed by atoms with Crippen molar-refractivity contribution >= 4 is 10.9 Å². The fourth-order valence-corrected chi connectivity index (χ4v) is 1.37. The van der Waals surface area contributed by atoms with Gasteiger partial charge in [-0.3, -0.25) is 0 Å². The monoisotopic (exact) mass is 190 g/mol. The second kappa shape index (κ2) is 3.72. The van der Waals surface area contributed by atoms with Gasteiger partial charge in [-0.05, 0) is 25.1 Å². The molecule has 73 valence electrons. The molecule has 0 amide bonds. The number of hydrogen-bond acceptors (Lipinski definition) is 2. The van der Waals surface area contributed by atoms with Crippen LogP contribution in [0.4, 0.5) is 0 Å². The van der Waals surface area contributed by atoms with Crippen molar-refractivity contribution in [2.75, 3.05) is 6.61 Å². The molecule has 0 saturated heterocycles. The molecule has 0 aliphatic rings. The van der Waals surface area contributed by atoms with Crippen molar-refractivity contribution in [3.8, 4) is 5.75 Å². The summed E-state index contributed by atoms with van der Waals surface area (Å²) in [6.07, 6.45) is 1.17. The minimum absolute atomic E-state index is 0.213. The molecule has 2 rings (SSSR count). The molecule has 0 saturated carbocycles. The predicted molar refractivity (Wildman–Crippen MR) is 55.2 cm³/mol. The van der Waals surface area contributed by atoms with E-state index < -0.39 is 6.10 Å². The van der Waals surface area contributed by atoms with Crippen molar-refractivity contribution in [2.24, 2.45) is 0 Å². The van der Waals surface area contributed by atoms with Gasteiger partial charge >= 0.3 is 0 Å². The van der Waals surface area contributed by atoms with Crippen LogP contribution in [0, 0.1) is 6.92 Å². The summed E-state index contributed by atoms with van der Waals surface area (Å²) < 4.78 is 5.41. The van der Waals surface area contributed by atoms with E-state index in [1.165, 1.54) is 0 Å². The van der Waals surface area contributed by atoms with Crippen molar-refractivity contribution in [1.82, 2.24) is 4.98 Å². The van der Waals surface area contributed by atoms with Crippen molar-refractivity contribution < 1.29 is 9.84 Å². The van der Waals surface area contributed by atoms with Gasteiger partial charge in [0.1, 0.15) is 12.4 Å². The van der Waals surface area contributed by atoms with Crippen LogP contribution in [0.25, 0.3) is 10.9 Å². The van der Waals surface area contributed by atoms with E-state index in [0.717, 1.165) is 16.7 Å². The zero-order valence-electron chi connectivity index (χ0n) is 7.73. The third-order valence-corrected chi connectivity index (χ3v) is 1.99. The standard InChI is InChI=1S/C11H12NO2/c1-8(13)7-14-11-4-2-3-10-9(11)5-6-12-10/h2-6,8,12-13H,1,7H2. The van der Waals surface area contributed by atoms with Crippen molar-refractivity contribution in [1.29, 1.82) is 0 Å². The third kappa shape index (κ3) is 1.72. The molecule has 3 heteroatoms. The average molecular weight is 190 g/mol. The minimum atomic E-state index is -0.691. The van der Waals surface area contributed by atoms with Gasteiger partial charge in [0.15, 0.2) is 0 Å². The highest BCUT2D eigenvalue weighted by Crippen LogP contribution is 2.24. The molecule has 1 unspecified atom stereocenters. The molecule has 1 radical (unpaired) electrons. The van der Waals surface area contributed by atoms with Gasteiger partial charge in [-0.15, -0.1) is 0 Å². The van der Waals surface area contributed by atoms with E-state index in [0.29, 0.717) is 0 Å². The molecule has 3 nitrogen and oxygen atoms in total. The van der Waals surface area contributed by atoms with E-state index in [1.807, 2.05) is 30.5 Å². The number of hydrogen-bond donors (Lipinski definition) is 2. The molecule has 2 N–H and O–H groups in total. The van der Waals surface area contributed by atoms with Crippen LogP contribution < -0.4 is 4.74 Å². The van der Waals surface area contributed by atoms with Crippen LogP contribution in [0.3, 0.4) is 0 Å². The summed E-state index contributed by atoms with van der Waals surface area (Å²) in [5.41, 5.74) is 1.03. The first kappa shape index (κ1) is 9.09. The second-order valence-electron chi connectivity index (χ2n) is 3.16. The maximum absolute atomic E-state index is 8.99. The SMILES string of the molecule is [CH2]C(O)COc1cccc2[nH]ccc12. The molecule has 0 aliphatic heterocycles. The summed E-state index contributed by atoms with van der Waals surface area (Å²) in [4.78, 5) is 3.09. The lowest BCUT2D eigenvalue weighted by atomic mass is 10.2. The molecular weight excluding hydrogens is 178 g/mol. The largest absolute Gasteiger partial charge is 0.490 e. The molecule has 2 aromatic rings. The Kier molecular flexibility index (Phi) is 2.41. The molecule has 0 aliphatic carbocycles. The molecule has 1 aromatic heterocycles. The first-order valence-corrected chi connectivity index (χ1v) is 4.47. The molecule has 0 bridgehead atoms. The number of H-pyrrole nitrogens is 1. The van der Waals surface area contributed by atoms with Crippen LogP contribution in [0.1, 0.15) is 0 Å². The summed E-state index contributed by atoms with van der Waals surface area (Å²) in [6, 6.07) is 7.70. The quantitative estimate of drug-likeness (QED) is 0.774. The van der Waals surface area contributed by atoms with Gasteiger partial charge in [0, 0.05) is 17.1 Å². The molecule has 1 atom stereocenters. The van der Waals surface area contributed by atoms with E-state index in [2.05, 4.69) is 11.9 Å². The predicted octanol–water partition coefficient (Wildman–Crippen LogP) is 1.74. The number of aliphatic hydroxyl groups excluding tert-OH is 1. The number of aliphatic hydroxyl groups is 1. The van der Waals surface area contributed by atoms with Crippen molar-refractivity contribution in [3.63, 3.8) is 0 Å². The smallest absolute Gasteiger partial charge is 0.128 e. The normalized spacial score (nSPS) is 13.0. The van der Waals surface area contributed by atoms with E-state index in [-0.39, 0.29) is 6.61 Å². The van der Waals surface area contributed by atoms with Crippen LogP contribution >= 0.6 is 0 Å². The fraction of sp³-hybridized carbons (Fsp3) is 0.182. The Bertz CT molecular complexity index is 420. The summed E-state index contributed by atoms with van der Waals surface area (Å²) in [7, 11) is 0. The Labute approximate surface area is 82.3 Å². The van der Waals surface area contributed by atoms with E-state index in [9.17, 15) is 0 Å². The van der Waals surface area contributed by atoms with Gasteiger partial charge in [0.05, 0.1) is 6.10 Å². The van der Waals surface area contributed by atoms with Gasteiger partial charge in [-0.25, -0.2) is 0 Å². The van der Waals surface area contributed by atoms with Crippen molar-refractivity contribution in [3.05, 3.63) is 37.4 Å². The van der Waals surface area contributed by atoms with Crippen molar-refractivity contribution in [2.45, 2.75) is 6.10 Å². The summed E-state index contributed by atoms with van der Waals surface area (Å²) >= 11 is 0. The number of aromatic nitrogens is 1. The highest BCUT2D eigenvalue weighted by Gasteiger charge is 2.03. The van der Waals surface area contributed by atoms with Crippen LogP contribution in [-0.2, 0) is 0 Å². The number of benzene rings is 1. The molecule has 0 fully saturated rings. The summed E-state index contributed by atoms with van der Waals surface area (Å²) in [5.74, 6) is 0.770.